The highest BCUT2D eigenvalue weighted by molar-refractivity contribution is 8.00. The lowest BCUT2D eigenvalue weighted by atomic mass is 10.2. The molecular weight excluding hydrogens is 352 g/mol. The van der Waals surface area contributed by atoms with Gasteiger partial charge in [-0.25, -0.2) is 0 Å². The van der Waals surface area contributed by atoms with Crippen LogP contribution in [-0.4, -0.2) is 31.3 Å². The Morgan fingerprint density at radius 1 is 1.04 bits per heavy atom. The fraction of sp³-hybridized carbons (Fsp3) is 0.263. The lowest BCUT2D eigenvalue weighted by molar-refractivity contribution is -0.119. The maximum Gasteiger partial charge on any atom is 0.269 e. The van der Waals surface area contributed by atoms with Gasteiger partial charge < -0.3 is 9.47 Å². The van der Waals surface area contributed by atoms with E-state index >= 15 is 0 Å². The van der Waals surface area contributed by atoms with Crippen molar-refractivity contribution in [3.8, 4) is 11.5 Å². The first-order valence-corrected chi connectivity index (χ1v) is 9.11. The molecule has 2 N–H and O–H groups in total. The third-order valence-electron chi connectivity index (χ3n) is 3.43. The average molecular weight is 374 g/mol. The molecule has 0 bridgehead atoms. The normalized spacial score (nSPS) is 10.1. The standard InChI is InChI=1S/C19H22N2O4S/c1-4-25-16-10-7-14(11-17(16)24-3)19(23)21-20-18(22)12-26-15-8-5-13(2)6-9-15/h5-11H,4,12H2,1-3H3,(H,20,22)(H,21,23). The molecule has 0 aliphatic carbocycles. The molecule has 2 amide bonds. The molecule has 0 heterocycles. The number of carbonyl (C=O) groups excluding carboxylic acids is 2. The van der Waals surface area contributed by atoms with Crippen molar-refractivity contribution in [2.45, 2.75) is 18.7 Å². The maximum atomic E-state index is 12.2. The van der Waals surface area contributed by atoms with Gasteiger partial charge in [0, 0.05) is 10.5 Å². The van der Waals surface area contributed by atoms with Crippen molar-refractivity contribution in [1.29, 1.82) is 0 Å². The zero-order valence-electron chi connectivity index (χ0n) is 15.0. The highest BCUT2D eigenvalue weighted by atomic mass is 32.2. The van der Waals surface area contributed by atoms with E-state index in [0.717, 1.165) is 10.5 Å². The summed E-state index contributed by atoms with van der Waals surface area (Å²) >= 11 is 1.40. The number of hydrazine groups is 1. The largest absolute Gasteiger partial charge is 0.493 e. The van der Waals surface area contributed by atoms with Gasteiger partial charge in [0.1, 0.15) is 0 Å². The van der Waals surface area contributed by atoms with Gasteiger partial charge in [-0.05, 0) is 44.2 Å². The number of aryl methyl sites for hydroxylation is 1. The Kier molecular flexibility index (Phi) is 7.35. The molecule has 0 saturated carbocycles. The number of amides is 2. The van der Waals surface area contributed by atoms with Crippen molar-refractivity contribution in [2.75, 3.05) is 19.5 Å². The van der Waals surface area contributed by atoms with Crippen LogP contribution in [0.3, 0.4) is 0 Å². The van der Waals surface area contributed by atoms with Gasteiger partial charge >= 0.3 is 0 Å². The van der Waals surface area contributed by atoms with Crippen LogP contribution in [0, 0.1) is 6.92 Å². The van der Waals surface area contributed by atoms with E-state index in [9.17, 15) is 9.59 Å². The van der Waals surface area contributed by atoms with E-state index in [1.54, 1.807) is 18.2 Å². The molecule has 0 radical (unpaired) electrons. The molecule has 7 heteroatoms. The molecule has 0 atom stereocenters. The zero-order chi connectivity index (χ0) is 18.9. The minimum atomic E-state index is -0.431. The summed E-state index contributed by atoms with van der Waals surface area (Å²) in [6, 6.07) is 12.7. The fourth-order valence-electron chi connectivity index (χ4n) is 2.10. The van der Waals surface area contributed by atoms with E-state index in [1.165, 1.54) is 18.9 Å². The van der Waals surface area contributed by atoms with E-state index in [4.69, 9.17) is 9.47 Å². The summed E-state index contributed by atoms with van der Waals surface area (Å²) in [5, 5.41) is 0. The van der Waals surface area contributed by atoms with Gasteiger partial charge in [-0.1, -0.05) is 17.7 Å². The molecule has 26 heavy (non-hydrogen) atoms. The predicted molar refractivity (Wildman–Crippen MR) is 102 cm³/mol. The minimum Gasteiger partial charge on any atom is -0.493 e. The van der Waals surface area contributed by atoms with Crippen molar-refractivity contribution in [2.24, 2.45) is 0 Å². The number of ether oxygens (including phenoxy) is 2. The topological polar surface area (TPSA) is 76.7 Å². The summed E-state index contributed by atoms with van der Waals surface area (Å²) in [7, 11) is 1.50. The molecule has 6 nitrogen and oxygen atoms in total. The number of nitrogens with one attached hydrogen (secondary N) is 2. The second-order valence-corrected chi connectivity index (χ2v) is 6.45. The summed E-state index contributed by atoms with van der Waals surface area (Å²) in [5.41, 5.74) is 6.33. The van der Waals surface area contributed by atoms with Crippen molar-refractivity contribution < 1.29 is 19.1 Å². The van der Waals surface area contributed by atoms with Crippen LogP contribution in [0.15, 0.2) is 47.4 Å². The lowest BCUT2D eigenvalue weighted by Gasteiger charge is -2.11. The Morgan fingerprint density at radius 3 is 2.42 bits per heavy atom. The number of methoxy groups -OCH3 is 1. The number of thioether (sulfide) groups is 1. The third-order valence-corrected chi connectivity index (χ3v) is 4.44. The van der Waals surface area contributed by atoms with Gasteiger partial charge in [0.05, 0.1) is 19.5 Å². The SMILES string of the molecule is CCOc1ccc(C(=O)NNC(=O)CSc2ccc(C)cc2)cc1OC. The smallest absolute Gasteiger partial charge is 0.269 e. The van der Waals surface area contributed by atoms with Crippen LogP contribution < -0.4 is 20.3 Å². The number of hydrogen-bond acceptors (Lipinski definition) is 5. The minimum absolute atomic E-state index is 0.204. The Morgan fingerprint density at radius 2 is 1.77 bits per heavy atom. The molecule has 0 aliphatic heterocycles. The molecule has 0 aromatic heterocycles. The van der Waals surface area contributed by atoms with Gasteiger partial charge in [-0.3, -0.25) is 20.4 Å². The number of hydrogen-bond donors (Lipinski definition) is 2. The summed E-state index contributed by atoms with van der Waals surface area (Å²) in [6.07, 6.45) is 0. The van der Waals surface area contributed by atoms with Crippen molar-refractivity contribution in [3.05, 3.63) is 53.6 Å². The van der Waals surface area contributed by atoms with E-state index in [-0.39, 0.29) is 11.7 Å². The van der Waals surface area contributed by atoms with Gasteiger partial charge in [0.25, 0.3) is 5.91 Å². The van der Waals surface area contributed by atoms with E-state index < -0.39 is 5.91 Å². The van der Waals surface area contributed by atoms with E-state index in [0.29, 0.717) is 23.7 Å². The number of carbonyl (C=O) groups is 2. The highest BCUT2D eigenvalue weighted by Gasteiger charge is 2.12. The monoisotopic (exact) mass is 374 g/mol. The fourth-order valence-corrected chi connectivity index (χ4v) is 2.80. The molecule has 0 saturated heterocycles. The van der Waals surface area contributed by atoms with Crippen LogP contribution in [0.5, 0.6) is 11.5 Å². The molecule has 0 aliphatic rings. The van der Waals surface area contributed by atoms with E-state index in [2.05, 4.69) is 10.9 Å². The second kappa shape index (κ2) is 9.72. The summed E-state index contributed by atoms with van der Waals surface area (Å²) in [6.45, 7) is 4.37. The van der Waals surface area contributed by atoms with E-state index in [1.807, 2.05) is 38.1 Å². The Bertz CT molecular complexity index is 763. The summed E-state index contributed by atoms with van der Waals surface area (Å²) in [5.74, 6) is 0.503. The lowest BCUT2D eigenvalue weighted by Crippen LogP contribution is -2.42. The second-order valence-electron chi connectivity index (χ2n) is 5.40. The van der Waals surface area contributed by atoms with Crippen LogP contribution in [0.2, 0.25) is 0 Å². The van der Waals surface area contributed by atoms with Crippen LogP contribution in [0.4, 0.5) is 0 Å². The Hall–Kier alpha value is -2.67. The van der Waals surface area contributed by atoms with Gasteiger partial charge in [-0.2, -0.15) is 0 Å². The zero-order valence-corrected chi connectivity index (χ0v) is 15.8. The van der Waals surface area contributed by atoms with Crippen molar-refractivity contribution in [1.82, 2.24) is 10.9 Å². The predicted octanol–water partition coefficient (Wildman–Crippen LogP) is 2.96. The molecular formula is C19H22N2O4S. The molecule has 2 aromatic rings. The number of rotatable bonds is 7. The number of benzene rings is 2. The van der Waals surface area contributed by atoms with Gasteiger partial charge in [0.15, 0.2) is 11.5 Å². The third kappa shape index (κ3) is 5.70. The molecule has 138 valence electrons. The molecule has 2 rings (SSSR count). The molecule has 0 unspecified atom stereocenters. The van der Waals surface area contributed by atoms with Crippen molar-refractivity contribution in [3.63, 3.8) is 0 Å². The highest BCUT2D eigenvalue weighted by Crippen LogP contribution is 2.27. The van der Waals surface area contributed by atoms with Crippen LogP contribution in [-0.2, 0) is 4.79 Å². The summed E-state index contributed by atoms with van der Waals surface area (Å²) < 4.78 is 10.6. The van der Waals surface area contributed by atoms with Crippen molar-refractivity contribution >= 4 is 23.6 Å². The Labute approximate surface area is 157 Å². The molecule has 0 fully saturated rings. The van der Waals surface area contributed by atoms with Gasteiger partial charge in [0.2, 0.25) is 5.91 Å². The summed E-state index contributed by atoms with van der Waals surface area (Å²) in [4.78, 5) is 25.1. The average Bonchev–Trinajstić information content (AvgIpc) is 2.66. The van der Waals surface area contributed by atoms with Crippen LogP contribution in [0.25, 0.3) is 0 Å². The van der Waals surface area contributed by atoms with Crippen LogP contribution >= 0.6 is 11.8 Å². The first kappa shape index (κ1) is 19.7. The van der Waals surface area contributed by atoms with Crippen LogP contribution in [0.1, 0.15) is 22.8 Å². The molecule has 0 spiro atoms. The van der Waals surface area contributed by atoms with Gasteiger partial charge in [-0.15, -0.1) is 11.8 Å². The quantitative estimate of drug-likeness (QED) is 0.576. The maximum absolute atomic E-state index is 12.2. The first-order chi connectivity index (χ1) is 12.5. The Balaban J connectivity index is 1.85. The first-order valence-electron chi connectivity index (χ1n) is 8.13. The molecule has 2 aromatic carbocycles.